The Bertz CT molecular complexity index is 1170. The lowest BCUT2D eigenvalue weighted by atomic mass is 10.1. The Hall–Kier alpha value is -3.40. The van der Waals surface area contributed by atoms with Gasteiger partial charge in [-0.2, -0.15) is 0 Å². The smallest absolute Gasteiger partial charge is 0.401 e. The van der Waals surface area contributed by atoms with E-state index in [9.17, 15) is 14.9 Å². The van der Waals surface area contributed by atoms with E-state index in [0.29, 0.717) is 27.2 Å². The van der Waals surface area contributed by atoms with Crippen molar-refractivity contribution >= 4 is 40.5 Å². The monoisotopic (exact) mass is 425 g/mol. The third kappa shape index (κ3) is 3.99. The third-order valence-electron chi connectivity index (χ3n) is 4.51. The number of amides is 1. The highest BCUT2D eigenvalue weighted by Gasteiger charge is 2.32. The molecule has 2 aromatic rings. The number of carbonyl (C=O) groups is 1. The summed E-state index contributed by atoms with van der Waals surface area (Å²) in [6, 6.07) is 10.2. The van der Waals surface area contributed by atoms with Crippen molar-refractivity contribution in [3.63, 3.8) is 0 Å². The van der Waals surface area contributed by atoms with Crippen molar-refractivity contribution in [2.24, 2.45) is 10.1 Å². The number of nitrogens with zero attached hydrogens (tertiary/aromatic N) is 4. The molecule has 2 aliphatic rings. The summed E-state index contributed by atoms with van der Waals surface area (Å²) in [5, 5.41) is 21.8. The Balaban J connectivity index is 1.71. The van der Waals surface area contributed by atoms with Gasteiger partial charge in [0.15, 0.2) is 11.3 Å². The van der Waals surface area contributed by atoms with Crippen molar-refractivity contribution in [3.8, 4) is 0 Å². The zero-order chi connectivity index (χ0) is 21.1. The van der Waals surface area contributed by atoms with Crippen molar-refractivity contribution < 1.29 is 14.1 Å². The van der Waals surface area contributed by atoms with Gasteiger partial charge in [-0.25, -0.2) is 5.01 Å². The first-order valence-electron chi connectivity index (χ1n) is 9.48. The van der Waals surface area contributed by atoms with Crippen LogP contribution in [0.4, 0.5) is 5.88 Å². The van der Waals surface area contributed by atoms with Crippen LogP contribution in [-0.2, 0) is 4.79 Å². The minimum atomic E-state index is -0.594. The van der Waals surface area contributed by atoms with Gasteiger partial charge in [0.05, 0.1) is 11.4 Å². The molecule has 0 radical (unpaired) electrons. The van der Waals surface area contributed by atoms with E-state index in [1.54, 1.807) is 17.2 Å². The molecule has 3 heterocycles. The van der Waals surface area contributed by atoms with Crippen LogP contribution in [0.1, 0.15) is 25.5 Å². The van der Waals surface area contributed by atoms with Crippen LogP contribution in [0.3, 0.4) is 0 Å². The average Bonchev–Trinajstić information content (AvgIpc) is 3.21. The Morgan fingerprint density at radius 2 is 2.17 bits per heavy atom. The van der Waals surface area contributed by atoms with E-state index < -0.39 is 11.1 Å². The molecule has 0 saturated carbocycles. The molecule has 154 valence electrons. The summed E-state index contributed by atoms with van der Waals surface area (Å²) in [5.41, 5.74) is 0.417. The lowest BCUT2D eigenvalue weighted by molar-refractivity contribution is -0.402. The number of para-hydroxylation sites is 1. The number of fused-ring (bicyclic) bond motifs is 2. The quantitative estimate of drug-likeness (QED) is 0.431. The molecular formula is C20H19N5O4S. The van der Waals surface area contributed by atoms with E-state index >= 15 is 0 Å². The summed E-state index contributed by atoms with van der Waals surface area (Å²) >= 11 is 1.49. The minimum Gasteiger partial charge on any atom is -0.401 e. The van der Waals surface area contributed by atoms with Crippen LogP contribution in [0, 0.1) is 10.1 Å². The highest BCUT2D eigenvalue weighted by Crippen LogP contribution is 2.23. The SMILES string of the molecule is CCCCSC1=NN2C(=c3ccccc3=N[C@@H]2/C=C/c2ccc([N+](=O)[O-])o2)C(=O)N1. The van der Waals surface area contributed by atoms with Crippen LogP contribution < -0.4 is 15.9 Å². The molecule has 0 bridgehead atoms. The highest BCUT2D eigenvalue weighted by molar-refractivity contribution is 8.13. The molecule has 0 fully saturated rings. The van der Waals surface area contributed by atoms with E-state index in [4.69, 9.17) is 9.41 Å². The summed E-state index contributed by atoms with van der Waals surface area (Å²) < 4.78 is 5.18. The first-order chi connectivity index (χ1) is 14.6. The van der Waals surface area contributed by atoms with Crippen molar-refractivity contribution in [2.45, 2.75) is 25.9 Å². The fourth-order valence-electron chi connectivity index (χ4n) is 3.07. The number of hydrogen-bond donors (Lipinski definition) is 1. The molecule has 1 aromatic carbocycles. The number of carbonyl (C=O) groups excluding carboxylic acids is 1. The second kappa shape index (κ2) is 8.54. The number of thioether (sulfide) groups is 1. The predicted octanol–water partition coefficient (Wildman–Crippen LogP) is 2.20. The number of unbranched alkanes of at least 4 members (excludes halogenated alkanes) is 1. The molecule has 0 aliphatic carbocycles. The van der Waals surface area contributed by atoms with Crippen LogP contribution in [0.25, 0.3) is 11.8 Å². The van der Waals surface area contributed by atoms with Crippen molar-refractivity contribution in [1.29, 1.82) is 0 Å². The number of amidine groups is 1. The van der Waals surface area contributed by atoms with E-state index in [0.717, 1.165) is 18.6 Å². The van der Waals surface area contributed by atoms with Gasteiger partial charge in [0.25, 0.3) is 5.91 Å². The molecule has 0 spiro atoms. The Kier molecular flexibility index (Phi) is 5.66. The van der Waals surface area contributed by atoms with Crippen molar-refractivity contribution in [3.05, 3.63) is 68.9 Å². The van der Waals surface area contributed by atoms with E-state index in [-0.39, 0.29) is 11.8 Å². The van der Waals surface area contributed by atoms with E-state index in [1.807, 2.05) is 24.3 Å². The number of hydrazone groups is 1. The highest BCUT2D eigenvalue weighted by atomic mass is 32.2. The van der Waals surface area contributed by atoms with Gasteiger partial charge in [-0.05, 0) is 30.7 Å². The number of rotatable bonds is 6. The molecule has 0 saturated heterocycles. The number of benzene rings is 1. The third-order valence-corrected chi connectivity index (χ3v) is 5.46. The number of nitrogens with one attached hydrogen (secondary N) is 1. The van der Waals surface area contributed by atoms with Gasteiger partial charge in [0.2, 0.25) is 0 Å². The first kappa shape index (κ1) is 19.9. The maximum atomic E-state index is 12.9. The largest absolute Gasteiger partial charge is 0.433 e. The average molecular weight is 425 g/mol. The molecule has 30 heavy (non-hydrogen) atoms. The molecule has 9 nitrogen and oxygen atoms in total. The number of hydrogen-bond acceptors (Lipinski definition) is 8. The normalized spacial score (nSPS) is 17.8. The van der Waals surface area contributed by atoms with E-state index in [1.165, 1.54) is 23.9 Å². The summed E-state index contributed by atoms with van der Waals surface area (Å²) in [5.74, 6) is 0.597. The van der Waals surface area contributed by atoms with Crippen LogP contribution in [0.5, 0.6) is 0 Å². The molecule has 1 amide bonds. The molecular weight excluding hydrogens is 406 g/mol. The molecule has 4 rings (SSSR count). The standard InChI is InChI=1S/C20H19N5O4S/c1-2-3-12-30-20-22-19(26)18-14-6-4-5-7-15(14)21-16(24(18)23-20)10-8-13-9-11-17(29-13)25(27)28/h4-11,16H,2-3,12H2,1H3,(H,22,23,26)/b10-8+/t16-/m0/s1. The fraction of sp³-hybridized carbons (Fsp3) is 0.250. The summed E-state index contributed by atoms with van der Waals surface area (Å²) in [7, 11) is 0. The topological polar surface area (TPSA) is 113 Å². The number of furan rings is 1. The second-order valence-corrected chi connectivity index (χ2v) is 7.69. The van der Waals surface area contributed by atoms with E-state index in [2.05, 4.69) is 17.3 Å². The lowest BCUT2D eigenvalue weighted by Crippen LogP contribution is -2.52. The Morgan fingerprint density at radius 3 is 2.93 bits per heavy atom. The maximum Gasteiger partial charge on any atom is 0.433 e. The van der Waals surface area contributed by atoms with Gasteiger partial charge in [-0.15, -0.1) is 5.10 Å². The molecule has 10 heteroatoms. The van der Waals surface area contributed by atoms with Gasteiger partial charge >= 0.3 is 5.88 Å². The van der Waals surface area contributed by atoms with Crippen LogP contribution in [-0.4, -0.2) is 32.9 Å². The van der Waals surface area contributed by atoms with Crippen molar-refractivity contribution in [2.75, 3.05) is 5.75 Å². The predicted molar refractivity (Wildman–Crippen MR) is 114 cm³/mol. The minimum absolute atomic E-state index is 0.238. The summed E-state index contributed by atoms with van der Waals surface area (Å²) in [4.78, 5) is 27.8. The Morgan fingerprint density at radius 1 is 1.33 bits per heavy atom. The van der Waals surface area contributed by atoms with Gasteiger partial charge in [-0.3, -0.25) is 25.2 Å². The second-order valence-electron chi connectivity index (χ2n) is 6.61. The fourth-order valence-corrected chi connectivity index (χ4v) is 4.00. The molecule has 0 unspecified atom stereocenters. The first-order valence-corrected chi connectivity index (χ1v) is 10.5. The summed E-state index contributed by atoms with van der Waals surface area (Å²) in [6.07, 6.45) is 4.78. The van der Waals surface area contributed by atoms with Gasteiger partial charge in [0, 0.05) is 11.0 Å². The molecule has 2 aliphatic heterocycles. The summed E-state index contributed by atoms with van der Waals surface area (Å²) in [6.45, 7) is 2.11. The van der Waals surface area contributed by atoms with Crippen LogP contribution in [0.2, 0.25) is 0 Å². The van der Waals surface area contributed by atoms with Crippen LogP contribution >= 0.6 is 11.8 Å². The van der Waals surface area contributed by atoms with Gasteiger partial charge in [0.1, 0.15) is 16.4 Å². The van der Waals surface area contributed by atoms with Crippen LogP contribution in [0.15, 0.2) is 57.0 Å². The van der Waals surface area contributed by atoms with Crippen molar-refractivity contribution in [1.82, 2.24) is 10.3 Å². The molecule has 1 atom stereocenters. The zero-order valence-electron chi connectivity index (χ0n) is 16.1. The number of nitro groups is 1. The lowest BCUT2D eigenvalue weighted by Gasteiger charge is -2.32. The zero-order valence-corrected chi connectivity index (χ0v) is 17.0. The maximum absolute atomic E-state index is 12.9. The molecule has 1 N–H and O–H groups in total. The molecule has 1 aromatic heterocycles. The Labute approximate surface area is 176 Å². The van der Waals surface area contributed by atoms with Gasteiger partial charge in [-0.1, -0.05) is 43.3 Å². The van der Waals surface area contributed by atoms with Gasteiger partial charge < -0.3 is 4.42 Å².